The largest absolute Gasteiger partial charge is 0.494 e. The normalized spacial score (nSPS) is 14.3. The van der Waals surface area contributed by atoms with Crippen LogP contribution in [0.5, 0.6) is 5.75 Å². The lowest BCUT2D eigenvalue weighted by Gasteiger charge is -2.21. The van der Waals surface area contributed by atoms with E-state index in [0.717, 1.165) is 18.6 Å². The minimum Gasteiger partial charge on any atom is -0.494 e. The lowest BCUT2D eigenvalue weighted by Crippen LogP contribution is -2.28. The highest BCUT2D eigenvalue weighted by molar-refractivity contribution is 6.30. The van der Waals surface area contributed by atoms with Crippen LogP contribution in [0.2, 0.25) is 5.02 Å². The molecule has 2 aromatic rings. The number of halogens is 1. The first-order chi connectivity index (χ1) is 13.2. The Morgan fingerprint density at radius 2 is 1.85 bits per heavy atom. The molecule has 27 heavy (non-hydrogen) atoms. The molecule has 1 amide bonds. The molecule has 3 nitrogen and oxygen atoms in total. The molecule has 0 spiro atoms. The van der Waals surface area contributed by atoms with Gasteiger partial charge in [0.15, 0.2) is 0 Å². The number of aryl methyl sites for hydroxylation is 2. The number of ether oxygens (including phenoxy) is 1. The molecule has 1 atom stereocenters. The van der Waals surface area contributed by atoms with Crippen molar-refractivity contribution in [2.24, 2.45) is 0 Å². The van der Waals surface area contributed by atoms with E-state index in [0.29, 0.717) is 24.5 Å². The highest BCUT2D eigenvalue weighted by atomic mass is 35.5. The molecule has 2 aromatic carbocycles. The summed E-state index contributed by atoms with van der Waals surface area (Å²) in [7, 11) is 0. The van der Waals surface area contributed by atoms with Crippen molar-refractivity contribution >= 4 is 17.5 Å². The third kappa shape index (κ3) is 5.74. The van der Waals surface area contributed by atoms with Crippen molar-refractivity contribution in [2.45, 2.75) is 57.9 Å². The Labute approximate surface area is 167 Å². The Morgan fingerprint density at radius 3 is 2.59 bits per heavy atom. The number of benzene rings is 2. The summed E-state index contributed by atoms with van der Waals surface area (Å²) >= 11 is 5.86. The van der Waals surface area contributed by atoms with Crippen molar-refractivity contribution in [3.8, 4) is 5.75 Å². The van der Waals surface area contributed by atoms with Gasteiger partial charge in [0.1, 0.15) is 5.75 Å². The van der Waals surface area contributed by atoms with E-state index in [-0.39, 0.29) is 11.9 Å². The topological polar surface area (TPSA) is 38.3 Å². The summed E-state index contributed by atoms with van der Waals surface area (Å²) in [6.07, 6.45) is 6.96. The van der Waals surface area contributed by atoms with Crippen molar-refractivity contribution in [2.75, 3.05) is 6.61 Å². The minimum atomic E-state index is 0.0827. The lowest BCUT2D eigenvalue weighted by molar-refractivity contribution is -0.122. The third-order valence-corrected chi connectivity index (χ3v) is 5.40. The van der Waals surface area contributed by atoms with Crippen molar-refractivity contribution in [3.63, 3.8) is 0 Å². The maximum Gasteiger partial charge on any atom is 0.220 e. The summed E-state index contributed by atoms with van der Waals surface area (Å²) in [5.74, 6) is 0.861. The first-order valence-corrected chi connectivity index (χ1v) is 10.3. The summed E-state index contributed by atoms with van der Waals surface area (Å²) in [4.78, 5) is 12.3. The van der Waals surface area contributed by atoms with Crippen LogP contribution in [-0.4, -0.2) is 12.5 Å². The highest BCUT2D eigenvalue weighted by Gasteiger charge is 2.16. The number of hydrogen-bond donors (Lipinski definition) is 1. The first-order valence-electron chi connectivity index (χ1n) is 9.95. The molecular formula is C23H28ClNO2. The van der Waals surface area contributed by atoms with Crippen LogP contribution in [0.1, 0.15) is 61.8 Å². The highest BCUT2D eigenvalue weighted by Crippen LogP contribution is 2.26. The van der Waals surface area contributed by atoms with Crippen molar-refractivity contribution < 1.29 is 9.53 Å². The summed E-state index contributed by atoms with van der Waals surface area (Å²) < 4.78 is 5.65. The van der Waals surface area contributed by atoms with Gasteiger partial charge in [0.05, 0.1) is 12.6 Å². The van der Waals surface area contributed by atoms with Crippen LogP contribution in [0.4, 0.5) is 0 Å². The molecule has 144 valence electrons. The predicted octanol–water partition coefficient (Wildman–Crippen LogP) is 5.65. The molecule has 0 heterocycles. The number of fused-ring (bicyclic) bond motifs is 1. The van der Waals surface area contributed by atoms with E-state index in [1.165, 1.54) is 36.0 Å². The smallest absolute Gasteiger partial charge is 0.220 e. The Kier molecular flexibility index (Phi) is 7.17. The molecule has 4 heteroatoms. The number of nitrogens with one attached hydrogen (secondary N) is 1. The van der Waals surface area contributed by atoms with E-state index in [1.807, 2.05) is 12.1 Å². The second kappa shape index (κ2) is 9.80. The van der Waals surface area contributed by atoms with Gasteiger partial charge in [-0.3, -0.25) is 4.79 Å². The quantitative estimate of drug-likeness (QED) is 0.596. The van der Waals surface area contributed by atoms with Gasteiger partial charge in [0, 0.05) is 11.4 Å². The van der Waals surface area contributed by atoms with Gasteiger partial charge in [-0.1, -0.05) is 36.7 Å². The van der Waals surface area contributed by atoms with E-state index >= 15 is 0 Å². The SMILES string of the molecule is CC[C@@H](NC(=O)CCCOc1ccc(Cl)cc1)c1ccc2c(c1)CCCC2. The number of rotatable bonds is 8. The van der Waals surface area contributed by atoms with Gasteiger partial charge in [-0.2, -0.15) is 0 Å². The Morgan fingerprint density at radius 1 is 1.11 bits per heavy atom. The predicted molar refractivity (Wildman–Crippen MR) is 110 cm³/mol. The van der Waals surface area contributed by atoms with E-state index in [4.69, 9.17) is 16.3 Å². The van der Waals surface area contributed by atoms with Gasteiger partial charge >= 0.3 is 0 Å². The molecule has 0 fully saturated rings. The summed E-state index contributed by atoms with van der Waals surface area (Å²) in [6.45, 7) is 2.64. The molecule has 0 saturated carbocycles. The molecule has 0 radical (unpaired) electrons. The number of amides is 1. The first kappa shape index (κ1) is 19.8. The van der Waals surface area contributed by atoms with Crippen LogP contribution in [0.25, 0.3) is 0 Å². The maximum atomic E-state index is 12.3. The zero-order chi connectivity index (χ0) is 19.1. The van der Waals surface area contributed by atoms with E-state index < -0.39 is 0 Å². The summed E-state index contributed by atoms with van der Waals surface area (Å²) in [5, 5.41) is 3.87. The average molecular weight is 386 g/mol. The Balaban J connectivity index is 1.46. The van der Waals surface area contributed by atoms with Gasteiger partial charge in [0.25, 0.3) is 0 Å². The fourth-order valence-corrected chi connectivity index (χ4v) is 3.74. The molecule has 1 N–H and O–H groups in total. The number of carbonyl (C=O) groups is 1. The zero-order valence-electron chi connectivity index (χ0n) is 16.0. The second-order valence-electron chi connectivity index (χ2n) is 7.17. The molecule has 0 unspecified atom stereocenters. The standard InChI is InChI=1S/C23H28ClNO2/c1-2-22(19-10-9-17-6-3-4-7-18(17)16-19)25-23(26)8-5-15-27-21-13-11-20(24)12-14-21/h9-14,16,22H,2-8,15H2,1H3,(H,25,26)/t22-/m1/s1. The third-order valence-electron chi connectivity index (χ3n) is 5.15. The van der Waals surface area contributed by atoms with Crippen molar-refractivity contribution in [3.05, 3.63) is 64.2 Å². The molecule has 1 aliphatic carbocycles. The van der Waals surface area contributed by atoms with Crippen molar-refractivity contribution in [1.29, 1.82) is 0 Å². The molecule has 0 aromatic heterocycles. The van der Waals surface area contributed by atoms with Crippen molar-refractivity contribution in [1.82, 2.24) is 5.32 Å². The molecule has 0 aliphatic heterocycles. The van der Waals surface area contributed by atoms with Crippen LogP contribution in [0.3, 0.4) is 0 Å². The summed E-state index contributed by atoms with van der Waals surface area (Å²) in [6, 6.07) is 14.1. The molecular weight excluding hydrogens is 358 g/mol. The monoisotopic (exact) mass is 385 g/mol. The van der Waals surface area contributed by atoms with Crippen LogP contribution in [-0.2, 0) is 17.6 Å². The summed E-state index contributed by atoms with van der Waals surface area (Å²) in [5.41, 5.74) is 4.16. The second-order valence-corrected chi connectivity index (χ2v) is 7.61. The fourth-order valence-electron chi connectivity index (χ4n) is 3.61. The lowest BCUT2D eigenvalue weighted by atomic mass is 9.89. The van der Waals surface area contributed by atoms with E-state index in [9.17, 15) is 4.79 Å². The van der Waals surface area contributed by atoms with Crippen LogP contribution in [0, 0.1) is 0 Å². The van der Waals surface area contributed by atoms with E-state index in [2.05, 4.69) is 30.4 Å². The molecule has 1 aliphatic rings. The van der Waals surface area contributed by atoms with Crippen LogP contribution in [0.15, 0.2) is 42.5 Å². The Bertz CT molecular complexity index is 757. The minimum absolute atomic E-state index is 0.0827. The van der Waals surface area contributed by atoms with Gasteiger partial charge < -0.3 is 10.1 Å². The van der Waals surface area contributed by atoms with E-state index in [1.54, 1.807) is 12.1 Å². The average Bonchev–Trinajstić information content (AvgIpc) is 2.70. The van der Waals surface area contributed by atoms with Gasteiger partial charge in [0.2, 0.25) is 5.91 Å². The number of hydrogen-bond acceptors (Lipinski definition) is 2. The maximum absolute atomic E-state index is 12.3. The zero-order valence-corrected chi connectivity index (χ0v) is 16.7. The Hall–Kier alpha value is -2.00. The van der Waals surface area contributed by atoms with Gasteiger partial charge in [-0.15, -0.1) is 0 Å². The fraction of sp³-hybridized carbons (Fsp3) is 0.435. The number of carbonyl (C=O) groups excluding carboxylic acids is 1. The van der Waals surface area contributed by atoms with Gasteiger partial charge in [-0.25, -0.2) is 0 Å². The molecule has 3 rings (SSSR count). The molecule has 0 saturated heterocycles. The van der Waals surface area contributed by atoms with Crippen LogP contribution >= 0.6 is 11.6 Å². The molecule has 0 bridgehead atoms. The van der Waals surface area contributed by atoms with Crippen LogP contribution < -0.4 is 10.1 Å². The van der Waals surface area contributed by atoms with Gasteiger partial charge in [-0.05, 0) is 79.5 Å².